The second-order valence-electron chi connectivity index (χ2n) is 6.10. The lowest BCUT2D eigenvalue weighted by atomic mass is 10.2. The Morgan fingerprint density at radius 1 is 1.08 bits per heavy atom. The maximum absolute atomic E-state index is 13.6. The summed E-state index contributed by atoms with van der Waals surface area (Å²) in [5, 5.41) is 2.86. The van der Waals surface area contributed by atoms with Gasteiger partial charge in [-0.2, -0.15) is 0 Å². The van der Waals surface area contributed by atoms with Crippen LogP contribution in [0.4, 0.5) is 15.8 Å². The van der Waals surface area contributed by atoms with E-state index in [2.05, 4.69) is 22.2 Å². The minimum absolute atomic E-state index is 0.138. The minimum Gasteiger partial charge on any atom is -0.369 e. The Hall–Kier alpha value is -2.05. The molecule has 1 heterocycles. The Morgan fingerprint density at radius 3 is 2.44 bits per heavy atom. The minimum atomic E-state index is -0.295. The molecule has 0 atom stereocenters. The Balaban J connectivity index is 1.51. The van der Waals surface area contributed by atoms with E-state index in [4.69, 9.17) is 0 Å². The molecule has 0 radical (unpaired) electrons. The normalized spacial score (nSPS) is 15.2. The molecule has 2 aromatic rings. The van der Waals surface area contributed by atoms with Gasteiger partial charge in [-0.15, -0.1) is 11.8 Å². The molecule has 4 nitrogen and oxygen atoms in total. The van der Waals surface area contributed by atoms with Crippen LogP contribution in [-0.2, 0) is 4.79 Å². The van der Waals surface area contributed by atoms with Gasteiger partial charge in [0.1, 0.15) is 5.82 Å². The van der Waals surface area contributed by atoms with E-state index in [1.54, 1.807) is 18.2 Å². The van der Waals surface area contributed by atoms with Crippen molar-refractivity contribution < 1.29 is 9.18 Å². The number of benzene rings is 2. The van der Waals surface area contributed by atoms with Crippen molar-refractivity contribution in [1.29, 1.82) is 0 Å². The van der Waals surface area contributed by atoms with Crippen LogP contribution in [0.5, 0.6) is 0 Å². The van der Waals surface area contributed by atoms with E-state index in [1.807, 2.05) is 24.3 Å². The zero-order chi connectivity index (χ0) is 17.6. The van der Waals surface area contributed by atoms with Gasteiger partial charge in [-0.05, 0) is 43.4 Å². The number of halogens is 1. The zero-order valence-corrected chi connectivity index (χ0v) is 15.1. The molecule has 0 bridgehead atoms. The average molecular weight is 359 g/mol. The van der Waals surface area contributed by atoms with Gasteiger partial charge in [0, 0.05) is 42.4 Å². The molecule has 3 rings (SSSR count). The van der Waals surface area contributed by atoms with E-state index in [-0.39, 0.29) is 17.5 Å². The van der Waals surface area contributed by atoms with Crippen LogP contribution in [0.2, 0.25) is 0 Å². The van der Waals surface area contributed by atoms with Gasteiger partial charge in [-0.25, -0.2) is 4.39 Å². The predicted molar refractivity (Wildman–Crippen MR) is 102 cm³/mol. The van der Waals surface area contributed by atoms with Gasteiger partial charge in [0.05, 0.1) is 5.75 Å². The molecule has 2 aromatic carbocycles. The van der Waals surface area contributed by atoms with E-state index in [0.717, 1.165) is 31.9 Å². The fourth-order valence-corrected chi connectivity index (χ4v) is 3.46. The van der Waals surface area contributed by atoms with Gasteiger partial charge in [-0.3, -0.25) is 4.79 Å². The number of amides is 1. The fraction of sp³-hybridized carbons (Fsp3) is 0.316. The van der Waals surface area contributed by atoms with Gasteiger partial charge < -0.3 is 15.1 Å². The second-order valence-corrected chi connectivity index (χ2v) is 7.12. The third-order valence-electron chi connectivity index (χ3n) is 4.21. The van der Waals surface area contributed by atoms with Crippen molar-refractivity contribution in [2.75, 3.05) is 49.2 Å². The highest BCUT2D eigenvalue weighted by Gasteiger charge is 2.14. The number of carbonyl (C=O) groups is 1. The van der Waals surface area contributed by atoms with Crippen molar-refractivity contribution >= 4 is 29.0 Å². The van der Waals surface area contributed by atoms with Crippen LogP contribution in [-0.4, -0.2) is 49.8 Å². The standard InChI is InChI=1S/C19H22FN3OS/c1-22-10-12-23(13-11-22)16-8-6-15(7-9-16)21-19(24)14-25-18-5-3-2-4-17(18)20/h2-9H,10-14H2,1H3,(H,21,24). The first-order chi connectivity index (χ1) is 12.1. The van der Waals surface area contributed by atoms with Crippen LogP contribution in [0.15, 0.2) is 53.4 Å². The summed E-state index contributed by atoms with van der Waals surface area (Å²) < 4.78 is 13.6. The van der Waals surface area contributed by atoms with E-state index in [1.165, 1.54) is 23.5 Å². The lowest BCUT2D eigenvalue weighted by Gasteiger charge is -2.34. The predicted octanol–water partition coefficient (Wildman–Crippen LogP) is 3.31. The Bertz CT molecular complexity index is 715. The third kappa shape index (κ3) is 4.96. The topological polar surface area (TPSA) is 35.6 Å². The maximum atomic E-state index is 13.6. The largest absolute Gasteiger partial charge is 0.369 e. The number of nitrogens with zero attached hydrogens (tertiary/aromatic N) is 2. The SMILES string of the molecule is CN1CCN(c2ccc(NC(=O)CSc3ccccc3F)cc2)CC1. The van der Waals surface area contributed by atoms with Crippen LogP contribution in [0, 0.1) is 5.82 Å². The molecule has 0 unspecified atom stereocenters. The summed E-state index contributed by atoms with van der Waals surface area (Å²) in [7, 11) is 2.13. The average Bonchev–Trinajstić information content (AvgIpc) is 2.62. The molecule has 6 heteroatoms. The highest BCUT2D eigenvalue weighted by Crippen LogP contribution is 2.22. The lowest BCUT2D eigenvalue weighted by Crippen LogP contribution is -2.44. The molecule has 1 saturated heterocycles. The van der Waals surface area contributed by atoms with Gasteiger partial charge in [-0.1, -0.05) is 12.1 Å². The van der Waals surface area contributed by atoms with Crippen LogP contribution >= 0.6 is 11.8 Å². The highest BCUT2D eigenvalue weighted by atomic mass is 32.2. The van der Waals surface area contributed by atoms with Crippen molar-refractivity contribution in [3.05, 3.63) is 54.3 Å². The summed E-state index contributed by atoms with van der Waals surface area (Å²) in [6.07, 6.45) is 0. The van der Waals surface area contributed by atoms with Crippen molar-refractivity contribution in [1.82, 2.24) is 4.90 Å². The molecular formula is C19H22FN3OS. The van der Waals surface area contributed by atoms with E-state index in [9.17, 15) is 9.18 Å². The van der Waals surface area contributed by atoms with Gasteiger partial charge in [0.25, 0.3) is 0 Å². The molecule has 1 aliphatic heterocycles. The molecule has 0 saturated carbocycles. The number of carbonyl (C=O) groups excluding carboxylic acids is 1. The summed E-state index contributed by atoms with van der Waals surface area (Å²) in [5.74, 6) is -0.251. The summed E-state index contributed by atoms with van der Waals surface area (Å²) >= 11 is 1.20. The number of rotatable bonds is 5. The second kappa shape index (κ2) is 8.36. The van der Waals surface area contributed by atoms with Crippen molar-refractivity contribution in [2.45, 2.75) is 4.90 Å². The molecular weight excluding hydrogens is 337 g/mol. The van der Waals surface area contributed by atoms with Crippen LogP contribution in [0.3, 0.4) is 0 Å². The van der Waals surface area contributed by atoms with E-state index >= 15 is 0 Å². The van der Waals surface area contributed by atoms with Crippen LogP contribution < -0.4 is 10.2 Å². The number of hydrogen-bond donors (Lipinski definition) is 1. The molecule has 25 heavy (non-hydrogen) atoms. The molecule has 1 fully saturated rings. The first-order valence-corrected chi connectivity index (χ1v) is 9.31. The van der Waals surface area contributed by atoms with Crippen molar-refractivity contribution in [2.24, 2.45) is 0 Å². The maximum Gasteiger partial charge on any atom is 0.234 e. The Kier molecular flexibility index (Phi) is 5.94. The molecule has 1 N–H and O–H groups in total. The lowest BCUT2D eigenvalue weighted by molar-refractivity contribution is -0.113. The molecule has 0 spiro atoms. The van der Waals surface area contributed by atoms with Crippen LogP contribution in [0.1, 0.15) is 0 Å². The molecule has 0 aromatic heterocycles. The summed E-state index contributed by atoms with van der Waals surface area (Å²) in [6.45, 7) is 4.15. The third-order valence-corrected chi connectivity index (χ3v) is 5.26. The number of hydrogen-bond acceptors (Lipinski definition) is 4. The number of piperazine rings is 1. The summed E-state index contributed by atoms with van der Waals surface area (Å²) in [4.78, 5) is 17.2. The van der Waals surface area contributed by atoms with E-state index < -0.39 is 0 Å². The van der Waals surface area contributed by atoms with E-state index in [0.29, 0.717) is 4.90 Å². The number of likely N-dealkylation sites (N-methyl/N-ethyl adjacent to an activating group) is 1. The smallest absolute Gasteiger partial charge is 0.234 e. The fourth-order valence-electron chi connectivity index (χ4n) is 2.72. The zero-order valence-electron chi connectivity index (χ0n) is 14.2. The summed E-state index contributed by atoms with van der Waals surface area (Å²) in [5.41, 5.74) is 1.93. The molecule has 0 aliphatic carbocycles. The molecule has 132 valence electrons. The first-order valence-electron chi connectivity index (χ1n) is 8.32. The van der Waals surface area contributed by atoms with Gasteiger partial charge in [0.15, 0.2) is 0 Å². The molecule has 1 aliphatic rings. The Labute approximate surface area is 152 Å². The number of anilines is 2. The summed E-state index contributed by atoms with van der Waals surface area (Å²) in [6, 6.07) is 14.4. The van der Waals surface area contributed by atoms with Crippen molar-refractivity contribution in [3.63, 3.8) is 0 Å². The molecule has 1 amide bonds. The van der Waals surface area contributed by atoms with Gasteiger partial charge in [0.2, 0.25) is 5.91 Å². The number of nitrogens with one attached hydrogen (secondary N) is 1. The van der Waals surface area contributed by atoms with Crippen molar-refractivity contribution in [3.8, 4) is 0 Å². The Morgan fingerprint density at radius 2 is 1.76 bits per heavy atom. The van der Waals surface area contributed by atoms with Crippen LogP contribution in [0.25, 0.3) is 0 Å². The quantitative estimate of drug-likeness (QED) is 0.831. The monoisotopic (exact) mass is 359 g/mol. The number of thioether (sulfide) groups is 1. The first kappa shape index (κ1) is 17.8. The highest BCUT2D eigenvalue weighted by molar-refractivity contribution is 8.00. The van der Waals surface area contributed by atoms with Gasteiger partial charge >= 0.3 is 0 Å².